The summed E-state index contributed by atoms with van der Waals surface area (Å²) in [5.74, 6) is 0.398. The molecule has 0 radical (unpaired) electrons. The average molecular weight is 300 g/mol. The van der Waals surface area contributed by atoms with E-state index in [1.54, 1.807) is 6.20 Å². The molecule has 2 aromatic heterocycles. The molecule has 0 bridgehead atoms. The third kappa shape index (κ3) is 2.99. The van der Waals surface area contributed by atoms with E-state index in [1.165, 1.54) is 0 Å². The molecular formula is C13H18ClN3OS. The summed E-state index contributed by atoms with van der Waals surface area (Å²) in [4.78, 5) is 7.55. The summed E-state index contributed by atoms with van der Waals surface area (Å²) in [6.07, 6.45) is 1.64. The van der Waals surface area contributed by atoms with Crippen molar-refractivity contribution in [1.82, 2.24) is 14.5 Å². The molecule has 104 valence electrons. The van der Waals surface area contributed by atoms with Crippen molar-refractivity contribution in [2.75, 3.05) is 13.2 Å². The summed E-state index contributed by atoms with van der Waals surface area (Å²) in [5.41, 5.74) is 1.69. The van der Waals surface area contributed by atoms with E-state index < -0.39 is 0 Å². The Balaban J connectivity index is 2.52. The molecule has 0 amide bonds. The average Bonchev–Trinajstić information content (AvgIpc) is 2.65. The van der Waals surface area contributed by atoms with Crippen LogP contribution in [0.25, 0.3) is 11.2 Å². The molecule has 4 nitrogen and oxygen atoms in total. The van der Waals surface area contributed by atoms with Gasteiger partial charge in [0.1, 0.15) is 0 Å². The van der Waals surface area contributed by atoms with E-state index in [2.05, 4.69) is 23.8 Å². The van der Waals surface area contributed by atoms with Gasteiger partial charge in [0.05, 0.1) is 23.2 Å². The van der Waals surface area contributed by atoms with Gasteiger partial charge in [0.15, 0.2) is 10.4 Å². The van der Waals surface area contributed by atoms with Crippen LogP contribution in [0.4, 0.5) is 0 Å². The van der Waals surface area contributed by atoms with Crippen LogP contribution in [0.5, 0.6) is 0 Å². The van der Waals surface area contributed by atoms with E-state index >= 15 is 0 Å². The van der Waals surface area contributed by atoms with Crippen molar-refractivity contribution in [3.8, 4) is 0 Å². The van der Waals surface area contributed by atoms with Gasteiger partial charge in [-0.05, 0) is 31.1 Å². The van der Waals surface area contributed by atoms with Gasteiger partial charge in [0.2, 0.25) is 0 Å². The summed E-state index contributed by atoms with van der Waals surface area (Å²) < 4.78 is 8.26. The molecule has 0 saturated heterocycles. The maximum Gasteiger partial charge on any atom is 0.179 e. The molecular weight excluding hydrogens is 282 g/mol. The first kappa shape index (κ1) is 14.5. The highest BCUT2D eigenvalue weighted by molar-refractivity contribution is 7.71. The lowest BCUT2D eigenvalue weighted by molar-refractivity contribution is 0.0972. The van der Waals surface area contributed by atoms with Crippen LogP contribution in [0.1, 0.15) is 26.8 Å². The Labute approximate surface area is 122 Å². The SMILES string of the molecule is CCOCC(C(C)C)n1c(=S)[nH]c2cc(Cl)cnc21. The Morgan fingerprint density at radius 1 is 1.53 bits per heavy atom. The zero-order valence-electron chi connectivity index (χ0n) is 11.3. The number of hydrogen-bond acceptors (Lipinski definition) is 3. The number of nitrogens with zero attached hydrogens (tertiary/aromatic N) is 2. The fourth-order valence-electron chi connectivity index (χ4n) is 2.10. The third-order valence-electron chi connectivity index (χ3n) is 3.12. The number of imidazole rings is 1. The predicted octanol–water partition coefficient (Wildman–Crippen LogP) is 3.98. The van der Waals surface area contributed by atoms with E-state index in [1.807, 2.05) is 17.6 Å². The van der Waals surface area contributed by atoms with E-state index in [4.69, 9.17) is 28.6 Å². The number of fused-ring (bicyclic) bond motifs is 1. The summed E-state index contributed by atoms with van der Waals surface area (Å²) in [7, 11) is 0. The molecule has 0 fully saturated rings. The van der Waals surface area contributed by atoms with E-state index in [0.29, 0.717) is 28.9 Å². The minimum atomic E-state index is 0.162. The molecule has 2 rings (SSSR count). The number of nitrogens with one attached hydrogen (secondary N) is 1. The van der Waals surface area contributed by atoms with Crippen molar-refractivity contribution < 1.29 is 4.74 Å². The number of halogens is 1. The first-order valence-corrected chi connectivity index (χ1v) is 7.16. The molecule has 0 spiro atoms. The van der Waals surface area contributed by atoms with Crippen molar-refractivity contribution in [1.29, 1.82) is 0 Å². The molecule has 0 aromatic carbocycles. The number of aromatic nitrogens is 3. The lowest BCUT2D eigenvalue weighted by Gasteiger charge is -2.22. The van der Waals surface area contributed by atoms with Gasteiger partial charge >= 0.3 is 0 Å². The number of rotatable bonds is 5. The highest BCUT2D eigenvalue weighted by atomic mass is 35.5. The van der Waals surface area contributed by atoms with E-state index in [9.17, 15) is 0 Å². The minimum Gasteiger partial charge on any atom is -0.380 e. The standard InChI is InChI=1S/C13H18ClN3OS/c1-4-18-7-11(8(2)3)17-12-10(16-13(17)19)5-9(14)6-15-12/h5-6,8,11H,4,7H2,1-3H3,(H,16,19). The molecule has 0 saturated carbocycles. The summed E-state index contributed by atoms with van der Waals surface area (Å²) in [6.45, 7) is 7.61. The van der Waals surface area contributed by atoms with Gasteiger partial charge in [-0.3, -0.25) is 4.57 Å². The van der Waals surface area contributed by atoms with Crippen molar-refractivity contribution >= 4 is 35.0 Å². The van der Waals surface area contributed by atoms with Crippen molar-refractivity contribution in [2.24, 2.45) is 5.92 Å². The highest BCUT2D eigenvalue weighted by Gasteiger charge is 2.20. The minimum absolute atomic E-state index is 0.162. The zero-order valence-corrected chi connectivity index (χ0v) is 12.9. The maximum atomic E-state index is 5.96. The van der Waals surface area contributed by atoms with Crippen LogP contribution in [-0.4, -0.2) is 27.7 Å². The molecule has 0 aliphatic rings. The maximum absolute atomic E-state index is 5.96. The summed E-state index contributed by atoms with van der Waals surface area (Å²) in [5, 5.41) is 0.599. The van der Waals surface area contributed by atoms with E-state index in [0.717, 1.165) is 11.2 Å². The van der Waals surface area contributed by atoms with Gasteiger partial charge in [-0.25, -0.2) is 4.98 Å². The summed E-state index contributed by atoms with van der Waals surface area (Å²) in [6, 6.07) is 2.00. The van der Waals surface area contributed by atoms with Crippen LogP contribution in [0.3, 0.4) is 0 Å². The molecule has 2 aromatic rings. The van der Waals surface area contributed by atoms with Crippen LogP contribution >= 0.6 is 23.8 Å². The van der Waals surface area contributed by atoms with Crippen molar-refractivity contribution in [3.63, 3.8) is 0 Å². The lowest BCUT2D eigenvalue weighted by atomic mass is 10.1. The monoisotopic (exact) mass is 299 g/mol. The smallest absolute Gasteiger partial charge is 0.179 e. The molecule has 19 heavy (non-hydrogen) atoms. The fourth-order valence-corrected chi connectivity index (χ4v) is 2.59. The van der Waals surface area contributed by atoms with Crippen LogP contribution < -0.4 is 0 Å². The van der Waals surface area contributed by atoms with Gasteiger partial charge in [-0.1, -0.05) is 25.4 Å². The van der Waals surface area contributed by atoms with Crippen molar-refractivity contribution in [2.45, 2.75) is 26.8 Å². The largest absolute Gasteiger partial charge is 0.380 e. The van der Waals surface area contributed by atoms with Gasteiger partial charge in [0.25, 0.3) is 0 Å². The van der Waals surface area contributed by atoms with Crippen LogP contribution in [0.2, 0.25) is 5.02 Å². The van der Waals surface area contributed by atoms with Crippen LogP contribution in [0, 0.1) is 10.7 Å². The first-order valence-electron chi connectivity index (χ1n) is 6.38. The third-order valence-corrected chi connectivity index (χ3v) is 3.62. The van der Waals surface area contributed by atoms with Crippen LogP contribution in [0.15, 0.2) is 12.3 Å². The molecule has 6 heteroatoms. The Bertz CT molecular complexity index is 620. The quantitative estimate of drug-likeness (QED) is 0.849. The number of aromatic amines is 1. The predicted molar refractivity (Wildman–Crippen MR) is 80.3 cm³/mol. The number of H-pyrrole nitrogens is 1. The second-order valence-electron chi connectivity index (χ2n) is 4.80. The lowest BCUT2D eigenvalue weighted by Crippen LogP contribution is -2.21. The van der Waals surface area contributed by atoms with Crippen LogP contribution in [-0.2, 0) is 4.74 Å². The number of ether oxygens (including phenoxy) is 1. The fraction of sp³-hybridized carbons (Fsp3) is 0.538. The zero-order chi connectivity index (χ0) is 14.0. The number of hydrogen-bond donors (Lipinski definition) is 1. The Kier molecular flexibility index (Phi) is 4.60. The van der Waals surface area contributed by atoms with Crippen molar-refractivity contribution in [3.05, 3.63) is 22.1 Å². The highest BCUT2D eigenvalue weighted by Crippen LogP contribution is 2.25. The van der Waals surface area contributed by atoms with E-state index in [-0.39, 0.29) is 6.04 Å². The molecule has 0 aliphatic heterocycles. The second kappa shape index (κ2) is 6.03. The normalized spacial score (nSPS) is 13.3. The molecule has 0 aliphatic carbocycles. The van der Waals surface area contributed by atoms with Gasteiger partial charge < -0.3 is 9.72 Å². The Morgan fingerprint density at radius 3 is 2.89 bits per heavy atom. The Hall–Kier alpha value is -0.910. The van der Waals surface area contributed by atoms with Gasteiger partial charge in [-0.2, -0.15) is 0 Å². The first-order chi connectivity index (χ1) is 9.04. The topological polar surface area (TPSA) is 42.8 Å². The number of pyridine rings is 1. The molecule has 2 heterocycles. The Morgan fingerprint density at radius 2 is 2.26 bits per heavy atom. The van der Waals surface area contributed by atoms with Gasteiger partial charge in [0, 0.05) is 12.8 Å². The van der Waals surface area contributed by atoms with Gasteiger partial charge in [-0.15, -0.1) is 0 Å². The summed E-state index contributed by atoms with van der Waals surface area (Å²) >= 11 is 11.4. The molecule has 1 atom stereocenters. The second-order valence-corrected chi connectivity index (χ2v) is 5.62. The molecule has 1 N–H and O–H groups in total. The molecule has 1 unspecified atom stereocenters.